The lowest BCUT2D eigenvalue weighted by molar-refractivity contribution is -0.120. The van der Waals surface area contributed by atoms with E-state index in [9.17, 15) is 9.59 Å². The zero-order valence-electron chi connectivity index (χ0n) is 15.9. The fraction of sp³-hybridized carbons (Fsp3) is 0.579. The topological polar surface area (TPSA) is 82.7 Å². The Morgan fingerprint density at radius 1 is 1.07 bits per heavy atom. The molecule has 0 radical (unpaired) electrons. The van der Waals surface area contributed by atoms with E-state index >= 15 is 0 Å². The van der Waals surface area contributed by atoms with Gasteiger partial charge in [-0.15, -0.1) is 24.8 Å². The normalized spacial score (nSPS) is 17.7. The first kappa shape index (κ1) is 24.7. The van der Waals surface area contributed by atoms with E-state index in [1.165, 1.54) is 0 Å². The van der Waals surface area contributed by atoms with Crippen molar-refractivity contribution >= 4 is 42.3 Å². The van der Waals surface area contributed by atoms with Crippen molar-refractivity contribution in [2.45, 2.75) is 12.8 Å². The minimum atomic E-state index is -0.0884. The summed E-state index contributed by atoms with van der Waals surface area (Å²) in [5.41, 5.74) is 1.34. The van der Waals surface area contributed by atoms with E-state index in [0.29, 0.717) is 12.1 Å². The lowest BCUT2D eigenvalue weighted by Gasteiger charge is -2.26. The molecule has 0 aromatic heterocycles. The zero-order chi connectivity index (χ0) is 18.2. The molecule has 2 aliphatic heterocycles. The van der Waals surface area contributed by atoms with Crippen molar-refractivity contribution in [2.24, 2.45) is 5.92 Å². The van der Waals surface area contributed by atoms with Crippen LogP contribution < -0.4 is 16.0 Å². The molecule has 7 nitrogen and oxygen atoms in total. The van der Waals surface area contributed by atoms with Crippen molar-refractivity contribution in [3.05, 3.63) is 29.8 Å². The van der Waals surface area contributed by atoms with E-state index in [2.05, 4.69) is 20.9 Å². The molecule has 2 saturated heterocycles. The Kier molecular flexibility index (Phi) is 11.4. The highest BCUT2D eigenvalue weighted by Gasteiger charge is 2.20. The van der Waals surface area contributed by atoms with Gasteiger partial charge >= 0.3 is 0 Å². The molecule has 0 spiro atoms. The van der Waals surface area contributed by atoms with E-state index < -0.39 is 0 Å². The summed E-state index contributed by atoms with van der Waals surface area (Å²) < 4.78 is 5.31. The number of carbonyl (C=O) groups is 2. The van der Waals surface area contributed by atoms with Gasteiger partial charge in [-0.1, -0.05) is 0 Å². The third kappa shape index (κ3) is 7.56. The van der Waals surface area contributed by atoms with Gasteiger partial charge in [0, 0.05) is 43.3 Å². The molecule has 28 heavy (non-hydrogen) atoms. The Hall–Kier alpha value is -1.38. The van der Waals surface area contributed by atoms with Crippen molar-refractivity contribution in [3.8, 4) is 0 Å². The molecule has 2 fully saturated rings. The predicted octanol–water partition coefficient (Wildman–Crippen LogP) is 1.53. The summed E-state index contributed by atoms with van der Waals surface area (Å²) in [6.45, 7) is 6.59. The maximum atomic E-state index is 12.2. The van der Waals surface area contributed by atoms with Gasteiger partial charge < -0.3 is 20.7 Å². The van der Waals surface area contributed by atoms with Crippen LogP contribution in [0.1, 0.15) is 23.2 Å². The number of carbonyl (C=O) groups excluding carboxylic acids is 2. The van der Waals surface area contributed by atoms with Crippen LogP contribution >= 0.6 is 24.8 Å². The molecular weight excluding hydrogens is 403 g/mol. The number of amides is 2. The largest absolute Gasteiger partial charge is 0.379 e. The van der Waals surface area contributed by atoms with Crippen LogP contribution in [0.4, 0.5) is 5.69 Å². The Balaban J connectivity index is 0.00000196. The van der Waals surface area contributed by atoms with Gasteiger partial charge in [-0.2, -0.15) is 0 Å². The van der Waals surface area contributed by atoms with Gasteiger partial charge in [-0.3, -0.25) is 14.5 Å². The van der Waals surface area contributed by atoms with E-state index in [4.69, 9.17) is 4.74 Å². The number of ether oxygens (including phenoxy) is 1. The van der Waals surface area contributed by atoms with Gasteiger partial charge in [0.25, 0.3) is 5.91 Å². The molecule has 0 aliphatic carbocycles. The van der Waals surface area contributed by atoms with Crippen LogP contribution in [-0.2, 0) is 9.53 Å². The van der Waals surface area contributed by atoms with Crippen LogP contribution in [0.5, 0.6) is 0 Å². The van der Waals surface area contributed by atoms with Crippen LogP contribution in [-0.4, -0.2) is 69.2 Å². The van der Waals surface area contributed by atoms with Crippen LogP contribution in [0.25, 0.3) is 0 Å². The number of rotatable bonds is 6. The van der Waals surface area contributed by atoms with Crippen molar-refractivity contribution in [3.63, 3.8) is 0 Å². The zero-order valence-corrected chi connectivity index (χ0v) is 17.6. The van der Waals surface area contributed by atoms with Crippen molar-refractivity contribution in [2.75, 3.05) is 57.8 Å². The molecule has 0 saturated carbocycles. The van der Waals surface area contributed by atoms with Crippen LogP contribution in [0.3, 0.4) is 0 Å². The Labute approximate surface area is 178 Å². The number of nitrogens with zero attached hydrogens (tertiary/aromatic N) is 1. The molecular formula is C19H30Cl2N4O3. The predicted molar refractivity (Wildman–Crippen MR) is 115 cm³/mol. The minimum Gasteiger partial charge on any atom is -0.379 e. The van der Waals surface area contributed by atoms with Gasteiger partial charge in [0.1, 0.15) is 0 Å². The van der Waals surface area contributed by atoms with E-state index in [1.807, 2.05) is 0 Å². The summed E-state index contributed by atoms with van der Waals surface area (Å²) in [6, 6.07) is 7.08. The molecule has 1 aromatic rings. The monoisotopic (exact) mass is 432 g/mol. The first-order valence-electron chi connectivity index (χ1n) is 9.42. The molecule has 2 heterocycles. The molecule has 158 valence electrons. The Morgan fingerprint density at radius 3 is 2.36 bits per heavy atom. The van der Waals surface area contributed by atoms with Crippen LogP contribution in [0.15, 0.2) is 24.3 Å². The Morgan fingerprint density at radius 2 is 1.71 bits per heavy atom. The van der Waals surface area contributed by atoms with Gasteiger partial charge in [-0.05, 0) is 50.2 Å². The number of morpholine rings is 1. The number of hydrogen-bond acceptors (Lipinski definition) is 5. The Bertz CT molecular complexity index is 604. The minimum absolute atomic E-state index is 0. The molecule has 3 rings (SSSR count). The van der Waals surface area contributed by atoms with Gasteiger partial charge in [0.2, 0.25) is 5.91 Å². The van der Waals surface area contributed by atoms with E-state index in [-0.39, 0.29) is 42.5 Å². The second kappa shape index (κ2) is 13.0. The van der Waals surface area contributed by atoms with E-state index in [1.54, 1.807) is 24.3 Å². The maximum absolute atomic E-state index is 12.2. The highest BCUT2D eigenvalue weighted by Crippen LogP contribution is 2.16. The average molecular weight is 433 g/mol. The summed E-state index contributed by atoms with van der Waals surface area (Å²) in [7, 11) is 0. The lowest BCUT2D eigenvalue weighted by atomic mass is 9.97. The van der Waals surface area contributed by atoms with Crippen molar-refractivity contribution < 1.29 is 14.3 Å². The first-order valence-corrected chi connectivity index (χ1v) is 9.42. The molecule has 2 aliphatic rings. The van der Waals surface area contributed by atoms with Crippen LogP contribution in [0, 0.1) is 5.92 Å². The molecule has 2 amide bonds. The average Bonchev–Trinajstić information content (AvgIpc) is 2.70. The standard InChI is InChI=1S/C19H28N4O3.2ClH/c24-18(21-9-10-23-11-13-26-14-12-23)15-1-3-17(4-2-15)22-19(25)16-5-7-20-8-6-16;;/h1-4,16,20H,5-14H2,(H,21,24)(H,22,25);2*1H. The molecule has 9 heteroatoms. The third-order valence-corrected chi connectivity index (χ3v) is 4.94. The number of benzene rings is 1. The fourth-order valence-corrected chi connectivity index (χ4v) is 3.29. The summed E-state index contributed by atoms with van der Waals surface area (Å²) in [6.07, 6.45) is 1.74. The molecule has 1 aromatic carbocycles. The van der Waals surface area contributed by atoms with Crippen molar-refractivity contribution in [1.29, 1.82) is 0 Å². The number of piperidine rings is 1. The lowest BCUT2D eigenvalue weighted by Crippen LogP contribution is -2.41. The highest BCUT2D eigenvalue weighted by atomic mass is 35.5. The summed E-state index contributed by atoms with van der Waals surface area (Å²) in [5.74, 6) is 0.0446. The second-order valence-corrected chi connectivity index (χ2v) is 6.80. The highest BCUT2D eigenvalue weighted by molar-refractivity contribution is 5.96. The van der Waals surface area contributed by atoms with Crippen LogP contribution in [0.2, 0.25) is 0 Å². The molecule has 0 atom stereocenters. The number of anilines is 1. The number of halogens is 2. The molecule has 0 bridgehead atoms. The number of hydrogen-bond donors (Lipinski definition) is 3. The summed E-state index contributed by atoms with van der Waals surface area (Å²) >= 11 is 0. The summed E-state index contributed by atoms with van der Waals surface area (Å²) in [4.78, 5) is 26.7. The quantitative estimate of drug-likeness (QED) is 0.634. The smallest absolute Gasteiger partial charge is 0.251 e. The molecule has 0 unspecified atom stereocenters. The second-order valence-electron chi connectivity index (χ2n) is 6.80. The fourth-order valence-electron chi connectivity index (χ4n) is 3.29. The van der Waals surface area contributed by atoms with Gasteiger partial charge in [-0.25, -0.2) is 0 Å². The number of nitrogens with one attached hydrogen (secondary N) is 3. The van der Waals surface area contributed by atoms with E-state index in [0.717, 1.165) is 64.5 Å². The van der Waals surface area contributed by atoms with Crippen molar-refractivity contribution in [1.82, 2.24) is 15.5 Å². The summed E-state index contributed by atoms with van der Waals surface area (Å²) in [5, 5.41) is 9.15. The maximum Gasteiger partial charge on any atom is 0.251 e. The third-order valence-electron chi connectivity index (χ3n) is 4.94. The van der Waals surface area contributed by atoms with Gasteiger partial charge in [0.15, 0.2) is 0 Å². The molecule has 3 N–H and O–H groups in total. The first-order chi connectivity index (χ1) is 12.7. The van der Waals surface area contributed by atoms with Gasteiger partial charge in [0.05, 0.1) is 13.2 Å². The SMILES string of the molecule is Cl.Cl.O=C(NCCN1CCOCC1)c1ccc(NC(=O)C2CCNCC2)cc1.